The molecule has 0 N–H and O–H groups in total. The number of benzene rings is 1. The van der Waals surface area contributed by atoms with E-state index in [2.05, 4.69) is 4.90 Å². The first-order valence-corrected chi connectivity index (χ1v) is 10.8. The highest BCUT2D eigenvalue weighted by Gasteiger charge is 2.38. The van der Waals surface area contributed by atoms with Gasteiger partial charge in [-0.15, -0.1) is 0 Å². The Balaban J connectivity index is 1.82. The standard InChI is InChI=1S/C21H28Cl2N2O3/c1-14(26)28-16-6-5-7-19(20(13-16)25-10-3-4-11-25)24(2)21(27)15-8-9-17(22)18(23)12-15/h8-9,12,16,19-20H,3-7,10-11,13H2,1-2H3. The minimum Gasteiger partial charge on any atom is -0.463 e. The highest BCUT2D eigenvalue weighted by Crippen LogP contribution is 2.31. The second-order valence-electron chi connectivity index (χ2n) is 7.82. The summed E-state index contributed by atoms with van der Waals surface area (Å²) in [6, 6.07) is 5.27. The first kappa shape index (κ1) is 21.4. The summed E-state index contributed by atoms with van der Waals surface area (Å²) in [6.45, 7) is 3.53. The van der Waals surface area contributed by atoms with Crippen molar-refractivity contribution < 1.29 is 14.3 Å². The van der Waals surface area contributed by atoms with Gasteiger partial charge in [0, 0.05) is 38.0 Å². The maximum absolute atomic E-state index is 13.2. The Morgan fingerprint density at radius 1 is 1.11 bits per heavy atom. The molecule has 2 fully saturated rings. The van der Waals surface area contributed by atoms with E-state index in [0.717, 1.165) is 38.8 Å². The third kappa shape index (κ3) is 5.00. The molecule has 1 saturated carbocycles. The molecule has 1 heterocycles. The molecule has 2 aliphatic rings. The molecule has 0 aromatic heterocycles. The number of halogens is 2. The molecule has 0 spiro atoms. The van der Waals surface area contributed by atoms with Gasteiger partial charge in [-0.2, -0.15) is 0 Å². The number of esters is 1. The number of carbonyl (C=O) groups is 2. The van der Waals surface area contributed by atoms with Gasteiger partial charge < -0.3 is 9.64 Å². The van der Waals surface area contributed by atoms with Crippen molar-refractivity contribution in [2.24, 2.45) is 0 Å². The molecule has 1 saturated heterocycles. The highest BCUT2D eigenvalue weighted by atomic mass is 35.5. The summed E-state index contributed by atoms with van der Waals surface area (Å²) in [5, 5.41) is 0.822. The van der Waals surface area contributed by atoms with E-state index in [1.807, 2.05) is 11.9 Å². The van der Waals surface area contributed by atoms with Crippen molar-refractivity contribution in [2.75, 3.05) is 20.1 Å². The topological polar surface area (TPSA) is 49.9 Å². The van der Waals surface area contributed by atoms with E-state index in [-0.39, 0.29) is 30.1 Å². The van der Waals surface area contributed by atoms with Gasteiger partial charge in [0.1, 0.15) is 6.10 Å². The Hall–Kier alpha value is -1.30. The smallest absolute Gasteiger partial charge is 0.302 e. The molecular weight excluding hydrogens is 399 g/mol. The van der Waals surface area contributed by atoms with Crippen molar-refractivity contribution in [3.63, 3.8) is 0 Å². The van der Waals surface area contributed by atoms with Crippen LogP contribution in [0.1, 0.15) is 55.8 Å². The molecule has 0 radical (unpaired) electrons. The molecule has 5 nitrogen and oxygen atoms in total. The Labute approximate surface area is 176 Å². The molecule has 0 bridgehead atoms. The number of amides is 1. The molecule has 1 aromatic carbocycles. The number of ether oxygens (including phenoxy) is 1. The van der Waals surface area contributed by atoms with E-state index >= 15 is 0 Å². The normalized spacial score (nSPS) is 25.9. The number of hydrogen-bond donors (Lipinski definition) is 0. The molecule has 28 heavy (non-hydrogen) atoms. The molecule has 3 atom stereocenters. The van der Waals surface area contributed by atoms with Gasteiger partial charge in [-0.3, -0.25) is 14.5 Å². The fraction of sp³-hybridized carbons (Fsp3) is 0.619. The van der Waals surface area contributed by atoms with Crippen LogP contribution in [-0.4, -0.2) is 60.0 Å². The van der Waals surface area contributed by atoms with Gasteiger partial charge in [0.05, 0.1) is 10.0 Å². The molecule has 7 heteroatoms. The molecular formula is C21H28Cl2N2O3. The second-order valence-corrected chi connectivity index (χ2v) is 8.64. The van der Waals surface area contributed by atoms with Crippen molar-refractivity contribution in [1.29, 1.82) is 0 Å². The Morgan fingerprint density at radius 2 is 1.82 bits per heavy atom. The van der Waals surface area contributed by atoms with Crippen molar-refractivity contribution in [2.45, 2.75) is 63.6 Å². The predicted octanol–water partition coefficient (Wildman–Crippen LogP) is 4.40. The van der Waals surface area contributed by atoms with Crippen LogP contribution >= 0.6 is 23.2 Å². The zero-order valence-electron chi connectivity index (χ0n) is 16.5. The number of carbonyl (C=O) groups excluding carboxylic acids is 2. The van der Waals surface area contributed by atoms with E-state index in [1.54, 1.807) is 18.2 Å². The molecule has 1 aromatic rings. The average Bonchev–Trinajstić information content (AvgIpc) is 3.11. The van der Waals surface area contributed by atoms with E-state index < -0.39 is 0 Å². The average molecular weight is 427 g/mol. The van der Waals surface area contributed by atoms with Gasteiger partial charge >= 0.3 is 5.97 Å². The summed E-state index contributed by atoms with van der Waals surface area (Å²) in [5.74, 6) is -0.289. The van der Waals surface area contributed by atoms with Crippen LogP contribution in [0.25, 0.3) is 0 Å². The number of nitrogens with zero attached hydrogens (tertiary/aromatic N) is 2. The van der Waals surface area contributed by atoms with Gasteiger partial charge in [-0.25, -0.2) is 0 Å². The van der Waals surface area contributed by atoms with Crippen molar-refractivity contribution >= 4 is 35.1 Å². The third-order valence-electron chi connectivity index (χ3n) is 5.90. The maximum atomic E-state index is 13.2. The monoisotopic (exact) mass is 426 g/mol. The number of likely N-dealkylation sites (tertiary alicyclic amines) is 1. The van der Waals surface area contributed by atoms with Crippen molar-refractivity contribution in [3.8, 4) is 0 Å². The minimum absolute atomic E-state index is 0.0568. The van der Waals surface area contributed by atoms with Crippen LogP contribution in [-0.2, 0) is 9.53 Å². The lowest BCUT2D eigenvalue weighted by Crippen LogP contribution is -2.52. The van der Waals surface area contributed by atoms with Crippen LogP contribution in [0.3, 0.4) is 0 Å². The summed E-state index contributed by atoms with van der Waals surface area (Å²) in [7, 11) is 1.87. The summed E-state index contributed by atoms with van der Waals surface area (Å²) >= 11 is 12.1. The number of rotatable bonds is 4. The zero-order chi connectivity index (χ0) is 20.3. The highest BCUT2D eigenvalue weighted by molar-refractivity contribution is 6.42. The van der Waals surface area contributed by atoms with Gasteiger partial charge in [0.2, 0.25) is 0 Å². The van der Waals surface area contributed by atoms with E-state index in [1.165, 1.54) is 19.8 Å². The zero-order valence-corrected chi connectivity index (χ0v) is 18.0. The van der Waals surface area contributed by atoms with Crippen LogP contribution in [0.5, 0.6) is 0 Å². The Bertz CT molecular complexity index is 722. The second kappa shape index (κ2) is 9.47. The van der Waals surface area contributed by atoms with Crippen molar-refractivity contribution in [1.82, 2.24) is 9.80 Å². The summed E-state index contributed by atoms with van der Waals surface area (Å²) in [4.78, 5) is 29.0. The molecule has 3 unspecified atom stereocenters. The van der Waals surface area contributed by atoms with E-state index in [9.17, 15) is 9.59 Å². The Morgan fingerprint density at radius 3 is 2.46 bits per heavy atom. The van der Waals surface area contributed by atoms with Crippen LogP contribution in [0.4, 0.5) is 0 Å². The van der Waals surface area contributed by atoms with Crippen LogP contribution < -0.4 is 0 Å². The molecule has 1 aliphatic carbocycles. The summed E-state index contributed by atoms with van der Waals surface area (Å²) in [6.07, 6.45) is 5.69. The van der Waals surface area contributed by atoms with Gasteiger partial charge in [0.15, 0.2) is 0 Å². The predicted molar refractivity (Wildman–Crippen MR) is 111 cm³/mol. The van der Waals surface area contributed by atoms with E-state index in [0.29, 0.717) is 15.6 Å². The van der Waals surface area contributed by atoms with Gasteiger partial charge in [-0.1, -0.05) is 23.2 Å². The maximum Gasteiger partial charge on any atom is 0.302 e. The lowest BCUT2D eigenvalue weighted by Gasteiger charge is -2.39. The SMILES string of the molecule is CC(=O)OC1CCCC(N(C)C(=O)c2ccc(Cl)c(Cl)c2)C(N2CCCC2)C1. The molecule has 3 rings (SSSR count). The summed E-state index contributed by atoms with van der Waals surface area (Å²) < 4.78 is 5.56. The van der Waals surface area contributed by atoms with Gasteiger partial charge in [-0.05, 0) is 63.4 Å². The lowest BCUT2D eigenvalue weighted by atomic mass is 9.98. The fourth-order valence-corrected chi connectivity index (χ4v) is 4.83. The van der Waals surface area contributed by atoms with Gasteiger partial charge in [0.25, 0.3) is 5.91 Å². The largest absolute Gasteiger partial charge is 0.463 e. The number of hydrogen-bond acceptors (Lipinski definition) is 4. The van der Waals surface area contributed by atoms with Crippen molar-refractivity contribution in [3.05, 3.63) is 33.8 Å². The van der Waals surface area contributed by atoms with Crippen LogP contribution in [0.15, 0.2) is 18.2 Å². The molecule has 1 aliphatic heterocycles. The fourth-order valence-electron chi connectivity index (χ4n) is 4.53. The minimum atomic E-state index is -0.233. The third-order valence-corrected chi connectivity index (χ3v) is 6.64. The van der Waals surface area contributed by atoms with Crippen LogP contribution in [0.2, 0.25) is 10.0 Å². The van der Waals surface area contributed by atoms with E-state index in [4.69, 9.17) is 27.9 Å². The lowest BCUT2D eigenvalue weighted by molar-refractivity contribution is -0.147. The molecule has 154 valence electrons. The molecule has 1 amide bonds. The quantitative estimate of drug-likeness (QED) is 0.528. The number of likely N-dealkylation sites (N-methyl/N-ethyl adjacent to an activating group) is 1. The Kier molecular flexibility index (Phi) is 7.24. The first-order valence-electron chi connectivity index (χ1n) is 10.0. The first-order chi connectivity index (χ1) is 13.4. The summed E-state index contributed by atoms with van der Waals surface area (Å²) in [5.41, 5.74) is 0.540. The van der Waals surface area contributed by atoms with Crippen LogP contribution in [0, 0.1) is 0 Å².